The summed E-state index contributed by atoms with van der Waals surface area (Å²) in [5.74, 6) is -0.434. The smallest absolute Gasteiger partial charge is 0.349 e. The maximum atomic E-state index is 12.5. The fraction of sp³-hybridized carbons (Fsp3) is 0.350. The van der Waals surface area contributed by atoms with Gasteiger partial charge >= 0.3 is 12.0 Å². The van der Waals surface area contributed by atoms with Crippen molar-refractivity contribution in [3.8, 4) is 16.2 Å². The molecule has 2 aromatic rings. The molecule has 3 rings (SSSR count). The molecule has 8 heteroatoms. The Morgan fingerprint density at radius 2 is 1.93 bits per heavy atom. The summed E-state index contributed by atoms with van der Waals surface area (Å²) >= 11 is 1.35. The number of rotatable bonds is 5. The highest BCUT2D eigenvalue weighted by Crippen LogP contribution is 2.41. The predicted octanol–water partition coefficient (Wildman–Crippen LogP) is 2.91. The van der Waals surface area contributed by atoms with Crippen LogP contribution in [0.15, 0.2) is 24.3 Å². The van der Waals surface area contributed by atoms with Gasteiger partial charge in [-0.2, -0.15) is 0 Å². The number of benzene rings is 1. The number of ether oxygens (including phenoxy) is 2. The number of urea groups is 1. The van der Waals surface area contributed by atoms with E-state index in [9.17, 15) is 14.4 Å². The molecule has 1 atom stereocenters. The number of fused-ring (bicyclic) bond motifs is 3. The first kappa shape index (κ1) is 19.9. The summed E-state index contributed by atoms with van der Waals surface area (Å²) in [5, 5.41) is 4.58. The van der Waals surface area contributed by atoms with Crippen LogP contribution < -0.4 is 15.4 Å². The van der Waals surface area contributed by atoms with E-state index in [0.717, 1.165) is 34.6 Å². The van der Waals surface area contributed by atoms with E-state index >= 15 is 0 Å². The molecule has 0 spiro atoms. The maximum absolute atomic E-state index is 12.5. The second-order valence-electron chi connectivity index (χ2n) is 6.38. The first-order valence-electron chi connectivity index (χ1n) is 9.02. The standard InChI is InChI=1S/C20H22N2O5S/c1-4-21-20(25)22-18(23)11(2)27-19(24)16-10-13-6-5-12-9-14(26-3)7-8-15(12)17(13)28-16/h7-11H,4-6H2,1-3H3,(H2,21,22,23,25). The Morgan fingerprint density at radius 3 is 2.64 bits per heavy atom. The predicted molar refractivity (Wildman–Crippen MR) is 106 cm³/mol. The minimum Gasteiger partial charge on any atom is -0.497 e. The highest BCUT2D eigenvalue weighted by molar-refractivity contribution is 7.17. The molecule has 28 heavy (non-hydrogen) atoms. The van der Waals surface area contributed by atoms with E-state index in [1.165, 1.54) is 23.8 Å². The third-order valence-corrected chi connectivity index (χ3v) is 5.65. The number of amides is 3. The molecule has 1 heterocycles. The summed E-state index contributed by atoms with van der Waals surface area (Å²) in [6, 6.07) is 7.13. The number of imide groups is 1. The van der Waals surface area contributed by atoms with Crippen molar-refractivity contribution in [1.29, 1.82) is 0 Å². The number of methoxy groups -OCH3 is 1. The van der Waals surface area contributed by atoms with Gasteiger partial charge in [0, 0.05) is 11.4 Å². The largest absolute Gasteiger partial charge is 0.497 e. The third kappa shape index (κ3) is 4.17. The molecule has 2 N–H and O–H groups in total. The van der Waals surface area contributed by atoms with Crippen LogP contribution in [0.3, 0.4) is 0 Å². The van der Waals surface area contributed by atoms with Crippen LogP contribution in [0.25, 0.3) is 10.4 Å². The fourth-order valence-electron chi connectivity index (χ4n) is 3.03. The number of carbonyl (C=O) groups is 3. The van der Waals surface area contributed by atoms with Crippen LogP contribution in [0, 0.1) is 0 Å². The van der Waals surface area contributed by atoms with Gasteiger partial charge in [-0.25, -0.2) is 9.59 Å². The van der Waals surface area contributed by atoms with Gasteiger partial charge in [0.15, 0.2) is 6.10 Å². The fourth-order valence-corrected chi connectivity index (χ4v) is 4.18. The van der Waals surface area contributed by atoms with Crippen LogP contribution >= 0.6 is 11.3 Å². The Morgan fingerprint density at radius 1 is 1.18 bits per heavy atom. The molecule has 0 bridgehead atoms. The quantitative estimate of drug-likeness (QED) is 0.750. The number of hydrogen-bond donors (Lipinski definition) is 2. The number of hydrogen-bond acceptors (Lipinski definition) is 6. The highest BCUT2D eigenvalue weighted by atomic mass is 32.1. The molecule has 1 aromatic carbocycles. The topological polar surface area (TPSA) is 93.7 Å². The Hall–Kier alpha value is -2.87. The van der Waals surface area contributed by atoms with Crippen molar-refractivity contribution in [1.82, 2.24) is 10.6 Å². The van der Waals surface area contributed by atoms with Crippen LogP contribution in [0.1, 0.15) is 34.6 Å². The summed E-state index contributed by atoms with van der Waals surface area (Å²) in [6.45, 7) is 3.56. The van der Waals surface area contributed by atoms with Crippen LogP contribution in [-0.4, -0.2) is 37.7 Å². The zero-order valence-corrected chi connectivity index (χ0v) is 16.8. The van der Waals surface area contributed by atoms with Crippen molar-refractivity contribution in [2.24, 2.45) is 0 Å². The molecule has 0 fully saturated rings. The molecule has 1 aromatic heterocycles. The zero-order chi connectivity index (χ0) is 20.3. The van der Waals surface area contributed by atoms with Gasteiger partial charge in [0.2, 0.25) is 0 Å². The van der Waals surface area contributed by atoms with Gasteiger partial charge in [-0.1, -0.05) is 0 Å². The molecular formula is C20H22N2O5S. The Kier molecular flexibility index (Phi) is 5.99. The normalized spacial score (nSPS) is 13.0. The van der Waals surface area contributed by atoms with Crippen molar-refractivity contribution < 1.29 is 23.9 Å². The number of carbonyl (C=O) groups excluding carboxylic acids is 3. The molecule has 0 radical (unpaired) electrons. The minimum atomic E-state index is -1.08. The van der Waals surface area contributed by atoms with Gasteiger partial charge in [-0.15, -0.1) is 11.3 Å². The van der Waals surface area contributed by atoms with E-state index in [0.29, 0.717) is 11.4 Å². The number of aryl methyl sites for hydroxylation is 2. The van der Waals surface area contributed by atoms with Crippen molar-refractivity contribution in [3.05, 3.63) is 40.3 Å². The second kappa shape index (κ2) is 8.43. The SMILES string of the molecule is CCNC(=O)NC(=O)C(C)OC(=O)c1cc2c(s1)-c1ccc(OC)cc1CC2. The lowest BCUT2D eigenvalue weighted by molar-refractivity contribution is -0.127. The molecule has 7 nitrogen and oxygen atoms in total. The lowest BCUT2D eigenvalue weighted by atomic mass is 9.91. The number of nitrogens with one attached hydrogen (secondary N) is 2. The molecule has 0 saturated heterocycles. The summed E-state index contributed by atoms with van der Waals surface area (Å²) < 4.78 is 10.5. The van der Waals surface area contributed by atoms with Gasteiger partial charge in [0.1, 0.15) is 10.6 Å². The Balaban J connectivity index is 1.72. The van der Waals surface area contributed by atoms with E-state index in [-0.39, 0.29) is 0 Å². The molecule has 3 amide bonds. The van der Waals surface area contributed by atoms with Crippen molar-refractivity contribution in [2.45, 2.75) is 32.8 Å². The van der Waals surface area contributed by atoms with Crippen LogP contribution in [0.4, 0.5) is 4.79 Å². The Labute approximate surface area is 167 Å². The van der Waals surface area contributed by atoms with E-state index in [2.05, 4.69) is 10.6 Å². The molecule has 1 aliphatic carbocycles. The molecule has 1 unspecified atom stereocenters. The van der Waals surface area contributed by atoms with Crippen molar-refractivity contribution in [2.75, 3.05) is 13.7 Å². The van der Waals surface area contributed by atoms with E-state index in [1.54, 1.807) is 14.0 Å². The van der Waals surface area contributed by atoms with Crippen molar-refractivity contribution in [3.63, 3.8) is 0 Å². The van der Waals surface area contributed by atoms with Gasteiger partial charge in [-0.05, 0) is 67.6 Å². The number of esters is 1. The lowest BCUT2D eigenvalue weighted by Gasteiger charge is -2.16. The third-order valence-electron chi connectivity index (χ3n) is 4.46. The molecule has 0 aliphatic heterocycles. The lowest BCUT2D eigenvalue weighted by Crippen LogP contribution is -2.44. The molecule has 1 aliphatic rings. The van der Waals surface area contributed by atoms with E-state index < -0.39 is 24.0 Å². The van der Waals surface area contributed by atoms with Crippen LogP contribution in [0.2, 0.25) is 0 Å². The van der Waals surface area contributed by atoms with Gasteiger partial charge in [-0.3, -0.25) is 10.1 Å². The molecule has 0 saturated carbocycles. The summed E-state index contributed by atoms with van der Waals surface area (Å²) in [7, 11) is 1.64. The van der Waals surface area contributed by atoms with Gasteiger partial charge in [0.05, 0.1) is 7.11 Å². The highest BCUT2D eigenvalue weighted by Gasteiger charge is 2.25. The minimum absolute atomic E-state index is 0.390. The molecule has 148 valence electrons. The van der Waals surface area contributed by atoms with Crippen LogP contribution in [-0.2, 0) is 22.4 Å². The number of thiophene rings is 1. The average Bonchev–Trinajstić information content (AvgIpc) is 3.12. The maximum Gasteiger partial charge on any atom is 0.349 e. The first-order valence-corrected chi connectivity index (χ1v) is 9.84. The summed E-state index contributed by atoms with van der Waals surface area (Å²) in [6.07, 6.45) is 0.619. The monoisotopic (exact) mass is 402 g/mol. The van der Waals surface area contributed by atoms with Crippen molar-refractivity contribution >= 4 is 29.2 Å². The van der Waals surface area contributed by atoms with Gasteiger partial charge in [0.25, 0.3) is 5.91 Å². The average molecular weight is 402 g/mol. The first-order chi connectivity index (χ1) is 13.4. The summed E-state index contributed by atoms with van der Waals surface area (Å²) in [5.41, 5.74) is 3.37. The second-order valence-corrected chi connectivity index (χ2v) is 7.44. The van der Waals surface area contributed by atoms with Crippen LogP contribution in [0.5, 0.6) is 5.75 Å². The molecular weight excluding hydrogens is 380 g/mol. The van der Waals surface area contributed by atoms with E-state index in [4.69, 9.17) is 9.47 Å². The van der Waals surface area contributed by atoms with Gasteiger partial charge < -0.3 is 14.8 Å². The Bertz CT molecular complexity index is 921. The zero-order valence-electron chi connectivity index (χ0n) is 16.0. The van der Waals surface area contributed by atoms with E-state index in [1.807, 2.05) is 24.3 Å². The summed E-state index contributed by atoms with van der Waals surface area (Å²) in [4.78, 5) is 37.3.